The summed E-state index contributed by atoms with van der Waals surface area (Å²) in [6.45, 7) is 0.922. The SMILES string of the molecule is COC1C(=O)N(c2cccc(F)c2)C12CCN(C(=O)c1nn(C)c3ccccc13)CC2. The predicted octanol–water partition coefficient (Wildman–Crippen LogP) is 2.75. The molecule has 160 valence electrons. The Morgan fingerprint density at radius 3 is 2.61 bits per heavy atom. The Morgan fingerprint density at radius 1 is 1.16 bits per heavy atom. The maximum atomic E-state index is 13.8. The van der Waals surface area contributed by atoms with Gasteiger partial charge in [0.15, 0.2) is 11.8 Å². The highest BCUT2D eigenvalue weighted by Gasteiger charge is 2.62. The van der Waals surface area contributed by atoms with Crippen LogP contribution in [0.3, 0.4) is 0 Å². The Kier molecular flexibility index (Phi) is 4.55. The van der Waals surface area contributed by atoms with E-state index in [1.807, 2.05) is 31.3 Å². The highest BCUT2D eigenvalue weighted by Crippen LogP contribution is 2.45. The third kappa shape index (κ3) is 2.85. The first kappa shape index (κ1) is 19.7. The van der Waals surface area contributed by atoms with Crippen molar-refractivity contribution in [3.8, 4) is 0 Å². The first-order valence-corrected chi connectivity index (χ1v) is 10.3. The molecule has 2 fully saturated rings. The van der Waals surface area contributed by atoms with E-state index in [0.717, 1.165) is 10.9 Å². The van der Waals surface area contributed by atoms with Crippen molar-refractivity contribution in [1.82, 2.24) is 14.7 Å². The number of amides is 2. The number of hydrogen-bond donors (Lipinski definition) is 0. The molecule has 0 aliphatic carbocycles. The molecule has 1 aromatic heterocycles. The second-order valence-corrected chi connectivity index (χ2v) is 8.15. The fourth-order valence-electron chi connectivity index (χ4n) is 5.04. The van der Waals surface area contributed by atoms with Crippen molar-refractivity contribution >= 4 is 28.4 Å². The number of halogens is 1. The van der Waals surface area contributed by atoms with E-state index in [2.05, 4.69) is 5.10 Å². The van der Waals surface area contributed by atoms with E-state index in [0.29, 0.717) is 37.3 Å². The molecule has 8 heteroatoms. The van der Waals surface area contributed by atoms with Gasteiger partial charge in [-0.1, -0.05) is 24.3 Å². The van der Waals surface area contributed by atoms with Crippen molar-refractivity contribution in [2.75, 3.05) is 25.1 Å². The summed E-state index contributed by atoms with van der Waals surface area (Å²) in [5.41, 5.74) is 1.28. The van der Waals surface area contributed by atoms with Crippen molar-refractivity contribution in [3.63, 3.8) is 0 Å². The zero-order valence-electron chi connectivity index (χ0n) is 17.4. The highest BCUT2D eigenvalue weighted by molar-refractivity contribution is 6.07. The van der Waals surface area contributed by atoms with Crippen LogP contribution in [0.15, 0.2) is 48.5 Å². The quantitative estimate of drug-likeness (QED) is 0.609. The standard InChI is InChI=1S/C23H23FN4O3/c1-26-18-9-4-3-8-17(18)19(25-26)21(29)27-12-10-23(11-13-27)20(31-2)22(30)28(23)16-7-5-6-15(24)14-16/h3-9,14,20H,10-13H2,1-2H3. The first-order valence-electron chi connectivity index (χ1n) is 10.3. The smallest absolute Gasteiger partial charge is 0.275 e. The van der Waals surface area contributed by atoms with Gasteiger partial charge < -0.3 is 14.5 Å². The van der Waals surface area contributed by atoms with Gasteiger partial charge in [0.25, 0.3) is 11.8 Å². The van der Waals surface area contributed by atoms with E-state index < -0.39 is 17.5 Å². The number of hydrogen-bond acceptors (Lipinski definition) is 4. The minimum absolute atomic E-state index is 0.122. The molecule has 1 atom stereocenters. The van der Waals surface area contributed by atoms with Crippen LogP contribution in [0.25, 0.3) is 10.9 Å². The number of piperidine rings is 1. The van der Waals surface area contributed by atoms with Gasteiger partial charge in [0.05, 0.1) is 11.1 Å². The van der Waals surface area contributed by atoms with Crippen LogP contribution in [0.5, 0.6) is 0 Å². The molecule has 0 saturated carbocycles. The Bertz CT molecular complexity index is 1180. The number of carbonyl (C=O) groups excluding carboxylic acids is 2. The number of ether oxygens (including phenoxy) is 1. The summed E-state index contributed by atoms with van der Waals surface area (Å²) < 4.78 is 21.0. The summed E-state index contributed by atoms with van der Waals surface area (Å²) in [5, 5.41) is 5.27. The number of anilines is 1. The molecule has 1 unspecified atom stereocenters. The predicted molar refractivity (Wildman–Crippen MR) is 113 cm³/mol. The molecule has 31 heavy (non-hydrogen) atoms. The number of methoxy groups -OCH3 is 1. The van der Waals surface area contributed by atoms with Gasteiger partial charge in [-0.25, -0.2) is 4.39 Å². The maximum Gasteiger partial charge on any atom is 0.275 e. The van der Waals surface area contributed by atoms with Crippen LogP contribution in [0.2, 0.25) is 0 Å². The molecule has 1 spiro atoms. The van der Waals surface area contributed by atoms with Gasteiger partial charge in [0, 0.05) is 38.3 Å². The second kappa shape index (κ2) is 7.16. The normalized spacial score (nSPS) is 20.4. The van der Waals surface area contributed by atoms with Gasteiger partial charge in [0.2, 0.25) is 0 Å². The van der Waals surface area contributed by atoms with E-state index in [9.17, 15) is 14.0 Å². The molecule has 0 bridgehead atoms. The lowest BCUT2D eigenvalue weighted by atomic mass is 9.72. The summed E-state index contributed by atoms with van der Waals surface area (Å²) in [5.74, 6) is -0.692. The summed E-state index contributed by atoms with van der Waals surface area (Å²) in [7, 11) is 3.34. The average Bonchev–Trinajstić information content (AvgIpc) is 3.11. The Labute approximate surface area is 179 Å². The fourth-order valence-corrected chi connectivity index (χ4v) is 5.04. The summed E-state index contributed by atoms with van der Waals surface area (Å²) in [6.07, 6.45) is 0.498. The molecule has 5 rings (SSSR count). The van der Waals surface area contributed by atoms with Gasteiger partial charge in [0.1, 0.15) is 5.82 Å². The number of para-hydroxylation sites is 1. The third-order valence-electron chi connectivity index (χ3n) is 6.56. The van der Waals surface area contributed by atoms with E-state index in [1.54, 1.807) is 26.6 Å². The molecule has 3 heterocycles. The van der Waals surface area contributed by atoms with Crippen LogP contribution < -0.4 is 4.90 Å². The lowest BCUT2D eigenvalue weighted by molar-refractivity contribution is -0.150. The topological polar surface area (TPSA) is 67.7 Å². The van der Waals surface area contributed by atoms with Crippen molar-refractivity contribution in [3.05, 3.63) is 60.0 Å². The number of β-lactam (4-membered cyclic amide) rings is 1. The molecular formula is C23H23FN4O3. The minimum Gasteiger partial charge on any atom is -0.369 e. The number of likely N-dealkylation sites (tertiary alicyclic amines) is 1. The largest absolute Gasteiger partial charge is 0.369 e. The third-order valence-corrected chi connectivity index (χ3v) is 6.56. The van der Waals surface area contributed by atoms with Crippen LogP contribution in [0, 0.1) is 5.82 Å². The molecule has 2 aliphatic rings. The number of aryl methyl sites for hydroxylation is 1. The van der Waals surface area contributed by atoms with Gasteiger partial charge >= 0.3 is 0 Å². The molecule has 0 N–H and O–H groups in total. The maximum absolute atomic E-state index is 13.8. The van der Waals surface area contributed by atoms with E-state index in [1.165, 1.54) is 19.2 Å². The number of benzene rings is 2. The van der Waals surface area contributed by atoms with Crippen LogP contribution in [0.1, 0.15) is 23.3 Å². The zero-order chi connectivity index (χ0) is 21.8. The van der Waals surface area contributed by atoms with Crippen molar-refractivity contribution in [2.24, 2.45) is 7.05 Å². The van der Waals surface area contributed by atoms with Crippen LogP contribution in [-0.4, -0.2) is 58.3 Å². The Hall–Kier alpha value is -3.26. The molecular weight excluding hydrogens is 399 g/mol. The molecule has 7 nitrogen and oxygen atoms in total. The monoisotopic (exact) mass is 422 g/mol. The summed E-state index contributed by atoms with van der Waals surface area (Å²) >= 11 is 0. The second-order valence-electron chi connectivity index (χ2n) is 8.15. The highest BCUT2D eigenvalue weighted by atomic mass is 19.1. The minimum atomic E-state index is -0.594. The Morgan fingerprint density at radius 2 is 1.90 bits per heavy atom. The molecule has 3 aromatic rings. The van der Waals surface area contributed by atoms with Gasteiger partial charge in [-0.2, -0.15) is 5.10 Å². The number of rotatable bonds is 3. The van der Waals surface area contributed by atoms with E-state index >= 15 is 0 Å². The number of nitrogens with zero attached hydrogens (tertiary/aromatic N) is 4. The first-order chi connectivity index (χ1) is 15.0. The van der Waals surface area contributed by atoms with Crippen LogP contribution >= 0.6 is 0 Å². The van der Waals surface area contributed by atoms with Crippen LogP contribution in [-0.2, 0) is 16.6 Å². The number of fused-ring (bicyclic) bond motifs is 1. The van der Waals surface area contributed by atoms with Gasteiger partial charge in [-0.3, -0.25) is 14.3 Å². The lowest BCUT2D eigenvalue weighted by Gasteiger charge is -2.59. The van der Waals surface area contributed by atoms with Gasteiger partial charge in [-0.15, -0.1) is 0 Å². The van der Waals surface area contributed by atoms with Crippen molar-refractivity contribution in [2.45, 2.75) is 24.5 Å². The molecule has 2 amide bonds. The molecule has 2 aliphatic heterocycles. The van der Waals surface area contributed by atoms with Crippen LogP contribution in [0.4, 0.5) is 10.1 Å². The summed E-state index contributed by atoms with van der Waals surface area (Å²) in [6, 6.07) is 13.7. The molecule has 2 aromatic carbocycles. The number of carbonyl (C=O) groups is 2. The average molecular weight is 422 g/mol. The fraction of sp³-hybridized carbons (Fsp3) is 0.348. The van der Waals surface area contributed by atoms with Crippen molar-refractivity contribution < 1.29 is 18.7 Å². The Balaban J connectivity index is 1.40. The van der Waals surface area contributed by atoms with E-state index in [-0.39, 0.29) is 11.8 Å². The molecule has 2 saturated heterocycles. The summed E-state index contributed by atoms with van der Waals surface area (Å²) in [4.78, 5) is 29.4. The molecule has 0 radical (unpaired) electrons. The van der Waals surface area contributed by atoms with E-state index in [4.69, 9.17) is 4.74 Å². The van der Waals surface area contributed by atoms with Crippen molar-refractivity contribution in [1.29, 1.82) is 0 Å². The van der Waals surface area contributed by atoms with Gasteiger partial charge in [-0.05, 0) is 37.1 Å². The lowest BCUT2D eigenvalue weighted by Crippen LogP contribution is -2.78. The number of aromatic nitrogens is 2. The zero-order valence-corrected chi connectivity index (χ0v) is 17.4.